The second kappa shape index (κ2) is 38.7. The number of aliphatic hydroxyl groups is 2. The Morgan fingerprint density at radius 1 is 0.602 bits per heavy atom. The number of sulfonamides is 1. The van der Waals surface area contributed by atoms with E-state index in [0.717, 1.165) is 24.0 Å². The van der Waals surface area contributed by atoms with E-state index >= 15 is 0 Å². The van der Waals surface area contributed by atoms with E-state index in [-0.39, 0.29) is 78.5 Å². The second-order valence-corrected chi connectivity index (χ2v) is 33.9. The summed E-state index contributed by atoms with van der Waals surface area (Å²) in [6, 6.07) is 33.7. The fraction of sp³-hybridized carbons (Fsp3) is 0.595. The third-order valence-electron chi connectivity index (χ3n) is 17.4. The average Bonchev–Trinajstić information content (AvgIpc) is 1.51. The van der Waals surface area contributed by atoms with Crippen LogP contribution in [0.5, 0.6) is 0 Å². The summed E-state index contributed by atoms with van der Waals surface area (Å²) in [5, 5.41) is 49.7. The quantitative estimate of drug-likeness (QED) is 0.0249. The molecule has 4 aromatic carbocycles. The number of benzene rings is 4. The molecule has 26 nitrogen and oxygen atoms in total. The van der Waals surface area contributed by atoms with Gasteiger partial charge in [0.1, 0.15) is 23.4 Å². The number of amides is 4. The second-order valence-electron chi connectivity index (χ2n) is 29.4. The van der Waals surface area contributed by atoms with Gasteiger partial charge in [0.15, 0.2) is 12.6 Å². The maximum atomic E-state index is 14.5. The highest BCUT2D eigenvalue weighted by atomic mass is 35.7. The molecule has 4 saturated heterocycles. The minimum absolute atomic E-state index is 0.0349. The van der Waals surface area contributed by atoms with Gasteiger partial charge in [0.2, 0.25) is 10.0 Å². The van der Waals surface area contributed by atoms with Crippen molar-refractivity contribution < 1.29 is 84.1 Å². The van der Waals surface area contributed by atoms with Crippen LogP contribution < -0.4 is 25.8 Å². The molecule has 568 valence electrons. The summed E-state index contributed by atoms with van der Waals surface area (Å²) in [4.78, 5) is 53.6. The van der Waals surface area contributed by atoms with E-state index < -0.39 is 96.7 Å². The fourth-order valence-electron chi connectivity index (χ4n) is 12.0. The van der Waals surface area contributed by atoms with Gasteiger partial charge in [-0.05, 0) is 152 Å². The van der Waals surface area contributed by atoms with Crippen molar-refractivity contribution in [2.24, 2.45) is 22.7 Å². The molecule has 0 radical (unpaired) electrons. The van der Waals surface area contributed by atoms with Crippen LogP contribution in [0.15, 0.2) is 119 Å². The van der Waals surface area contributed by atoms with Crippen molar-refractivity contribution in [3.63, 3.8) is 0 Å². The number of nitrogens with one attached hydrogen (secondary N) is 3. The minimum Gasteiger partial charge on any atom is -0.443 e. The number of alkyl carbamates (subject to hydrolysis) is 2. The molecule has 4 fully saturated rings. The van der Waals surface area contributed by atoms with E-state index in [1.807, 2.05) is 74.5 Å². The minimum atomic E-state index is -4.31. The third-order valence-corrected chi connectivity index (χ3v) is 20.6. The van der Waals surface area contributed by atoms with Gasteiger partial charge in [-0.25, -0.2) is 36.0 Å². The molecule has 103 heavy (non-hydrogen) atoms. The van der Waals surface area contributed by atoms with Gasteiger partial charge in [-0.1, -0.05) is 100 Å². The molecule has 8 unspecified atom stereocenters. The number of hydrogen-bond acceptors (Lipinski definition) is 21. The highest BCUT2D eigenvalue weighted by Gasteiger charge is 2.46. The number of nitriles is 2. The molecule has 0 saturated carbocycles. The summed E-state index contributed by atoms with van der Waals surface area (Å²) in [6.07, 6.45) is -2.13. The van der Waals surface area contributed by atoms with Gasteiger partial charge in [0.25, 0.3) is 9.05 Å². The molecule has 0 aliphatic carbocycles. The van der Waals surface area contributed by atoms with Crippen molar-refractivity contribution in [1.29, 1.82) is 10.5 Å². The van der Waals surface area contributed by atoms with Gasteiger partial charge in [0, 0.05) is 74.2 Å². The Morgan fingerprint density at radius 2 is 1.03 bits per heavy atom. The van der Waals surface area contributed by atoms with Gasteiger partial charge in [0.05, 0.1) is 84.5 Å². The molecule has 8 rings (SSSR count). The Balaban J connectivity index is 0.000000271. The first-order valence-corrected chi connectivity index (χ1v) is 38.7. The fourth-order valence-corrected chi connectivity index (χ4v) is 14.5. The number of nitrogens with zero attached hydrogens (tertiary/aromatic N) is 5. The number of rotatable bonds is 29. The normalized spacial score (nSPS) is 19.9. The van der Waals surface area contributed by atoms with Gasteiger partial charge >= 0.3 is 24.4 Å². The molecular weight excluding hydrogens is 1390 g/mol. The molecule has 10 atom stereocenters. The van der Waals surface area contributed by atoms with E-state index in [9.17, 15) is 51.5 Å². The molecule has 4 aliphatic heterocycles. The lowest BCUT2D eigenvalue weighted by molar-refractivity contribution is -0.0909. The molecule has 4 aromatic rings. The summed E-state index contributed by atoms with van der Waals surface area (Å²) in [7, 11) is -2.84. The number of carbonyl (C=O) groups excluding carboxylic acids is 4. The molecular formula is C74H105ClN8O18S2. The Hall–Kier alpha value is -7.19. The average molecular weight is 1490 g/mol. The molecule has 4 aliphatic rings. The van der Waals surface area contributed by atoms with Crippen molar-refractivity contribution in [2.75, 3.05) is 75.5 Å². The van der Waals surface area contributed by atoms with Crippen LogP contribution in [0.1, 0.15) is 133 Å². The van der Waals surface area contributed by atoms with Crippen molar-refractivity contribution in [1.82, 2.24) is 20.3 Å². The smallest absolute Gasteiger partial charge is 0.414 e. The van der Waals surface area contributed by atoms with Crippen LogP contribution in [0.25, 0.3) is 0 Å². The number of carbonyl (C=O) groups is 4. The van der Waals surface area contributed by atoms with Crippen LogP contribution in [-0.4, -0.2) is 182 Å². The van der Waals surface area contributed by atoms with Crippen molar-refractivity contribution in [3.05, 3.63) is 120 Å². The predicted octanol–water partition coefficient (Wildman–Crippen LogP) is 11.0. The first-order valence-electron chi connectivity index (χ1n) is 34.9. The first-order chi connectivity index (χ1) is 48.4. The molecule has 0 aromatic heterocycles. The van der Waals surface area contributed by atoms with Crippen LogP contribution in [-0.2, 0) is 69.8 Å². The molecule has 5 N–H and O–H groups in total. The number of ether oxygens (including phenoxy) is 8. The summed E-state index contributed by atoms with van der Waals surface area (Å²) in [6.45, 7) is 24.8. The van der Waals surface area contributed by atoms with Crippen LogP contribution in [0.2, 0.25) is 0 Å². The number of aliphatic hydroxyl groups excluding tert-OH is 2. The maximum absolute atomic E-state index is 14.5. The topological polar surface area (TPSA) is 344 Å². The number of halogens is 1. The van der Waals surface area contributed by atoms with Crippen LogP contribution in [0, 0.1) is 45.3 Å². The molecule has 0 spiro atoms. The first kappa shape index (κ1) is 84.7. The van der Waals surface area contributed by atoms with E-state index in [4.69, 9.17) is 53.8 Å². The highest BCUT2D eigenvalue weighted by Crippen LogP contribution is 2.36. The monoisotopic (exact) mass is 1490 g/mol. The zero-order valence-electron chi connectivity index (χ0n) is 61.3. The lowest BCUT2D eigenvalue weighted by Gasteiger charge is -2.35. The Morgan fingerprint density at radius 3 is 1.46 bits per heavy atom. The zero-order chi connectivity index (χ0) is 75.9. The molecule has 0 bridgehead atoms. The van der Waals surface area contributed by atoms with Crippen LogP contribution >= 0.6 is 10.7 Å². The van der Waals surface area contributed by atoms with Gasteiger partial charge in [-0.3, -0.25) is 9.80 Å². The maximum Gasteiger partial charge on any atom is 0.414 e. The lowest BCUT2D eigenvalue weighted by Crippen LogP contribution is -2.52. The molecule has 4 amide bonds. The van der Waals surface area contributed by atoms with Crippen molar-refractivity contribution in [3.8, 4) is 12.1 Å². The number of fused-ring (bicyclic) bond motifs is 2. The Kier molecular flexibility index (Phi) is 31.9. The van der Waals surface area contributed by atoms with E-state index in [1.165, 1.54) is 44.4 Å². The third kappa shape index (κ3) is 27.3. The summed E-state index contributed by atoms with van der Waals surface area (Å²) in [5.41, 5.74) is 0.478. The summed E-state index contributed by atoms with van der Waals surface area (Å²) in [5.74, 6) is -0.0187. The summed E-state index contributed by atoms with van der Waals surface area (Å²) >= 11 is 0. The Labute approximate surface area is 612 Å². The zero-order valence-corrected chi connectivity index (χ0v) is 63.6. The largest absolute Gasteiger partial charge is 0.443 e. The highest BCUT2D eigenvalue weighted by molar-refractivity contribution is 8.13. The SMILES string of the molecule is CC(C)(CCC#N)CNCC(O)[C@H](Cc1ccccc1)NC(=O)OC1COC2OCCC12.CCN(C(=O)OC(C)(C)C)c1cccc(S(=O)(=O)Cl)c1.CCN(C(=O)OC(C)(C)C)c1cccc(S(=O)(=O)N(CC(O)[C@H](Cc2ccccc2)NC(=O)OC2COC3OCCC23)CC(C)(C)CCC#N)c1. The van der Waals surface area contributed by atoms with Gasteiger partial charge < -0.3 is 64.1 Å². The lowest BCUT2D eigenvalue weighted by atomic mass is 9.88. The van der Waals surface area contributed by atoms with Crippen LogP contribution in [0.3, 0.4) is 0 Å². The number of anilines is 2. The molecule has 29 heteroatoms. The van der Waals surface area contributed by atoms with E-state index in [2.05, 4.69) is 41.9 Å². The van der Waals surface area contributed by atoms with Crippen molar-refractivity contribution >= 4 is 65.5 Å². The van der Waals surface area contributed by atoms with E-state index in [0.29, 0.717) is 76.5 Å². The van der Waals surface area contributed by atoms with E-state index in [1.54, 1.807) is 73.6 Å². The predicted molar refractivity (Wildman–Crippen MR) is 388 cm³/mol. The van der Waals surface area contributed by atoms with Gasteiger partial charge in [-0.15, -0.1) is 0 Å². The molecule has 4 heterocycles. The van der Waals surface area contributed by atoms with Gasteiger partial charge in [-0.2, -0.15) is 14.8 Å². The van der Waals surface area contributed by atoms with Crippen molar-refractivity contribution in [2.45, 2.75) is 205 Å². The standard InChI is InChI=1S/C37H52N4O9S.C24H35N3O5.C13H18ClNO4S/c1-7-41(35(44)50-36(2,3)4)27-15-11-16-28(22-27)51(45,46)40(25-37(5,6)18-12-19-38)23-31(42)30(21-26-13-9-8-10-14-26)39-34(43)49-32-24-48-33-29(32)17-20-47-33;1-24(2,10-6-11-25)16-26-14-20(28)19(13-17-7-4-3-5-8-17)27-23(29)32-21-15-31-22-18(21)9-12-30-22;1-5-15(12(16)19-13(2,3)4)10-7-6-8-11(9-10)20(14,17)18/h8-11,13-16,22,29-33,42H,7,12,17-18,20-21,23-25H2,1-6H3,(H,39,43);3-5,7-8,18-22,26,28H,6,9-10,12-16H2,1-2H3,(H,27,29);6-9H,5H2,1-4H3/t29?,30-,31?,32?,33?;18?,19-,20?,21?,22?;/m00./s1. The Bertz CT molecular complexity index is 3700. The number of hydrogen-bond donors (Lipinski definition) is 5. The van der Waals surface area contributed by atoms with Crippen LogP contribution in [0.4, 0.5) is 30.6 Å². The summed E-state index contributed by atoms with van der Waals surface area (Å²) < 4.78 is 97.2.